The third-order valence-corrected chi connectivity index (χ3v) is 4.41. The molecule has 0 N–H and O–H groups in total. The number of fused-ring (bicyclic) bond motifs is 1. The fourth-order valence-corrected chi connectivity index (χ4v) is 3.17. The minimum atomic E-state index is -0.461. The second-order valence-corrected chi connectivity index (χ2v) is 6.80. The van der Waals surface area contributed by atoms with Crippen LogP contribution in [0.4, 0.5) is 4.79 Å². The SMILES string of the molecule is CCn1cc(OC(=O)N(C(C)C)C(C)C)c2cc(OC)c(OC)cc2c1=O. The number of benzene rings is 1. The normalized spacial score (nSPS) is 11.1. The first-order valence-electron chi connectivity index (χ1n) is 9.04. The summed E-state index contributed by atoms with van der Waals surface area (Å²) in [4.78, 5) is 27.1. The van der Waals surface area contributed by atoms with Crippen LogP contribution in [0.5, 0.6) is 17.2 Å². The minimum absolute atomic E-state index is 0.0181. The fourth-order valence-electron chi connectivity index (χ4n) is 3.17. The molecule has 2 aromatic rings. The van der Waals surface area contributed by atoms with Crippen molar-refractivity contribution in [3.05, 3.63) is 28.7 Å². The third-order valence-electron chi connectivity index (χ3n) is 4.41. The highest BCUT2D eigenvalue weighted by Crippen LogP contribution is 2.35. The summed E-state index contributed by atoms with van der Waals surface area (Å²) >= 11 is 0. The number of pyridine rings is 1. The molecule has 0 fully saturated rings. The summed E-state index contributed by atoms with van der Waals surface area (Å²) in [6.45, 7) is 10.0. The van der Waals surface area contributed by atoms with E-state index in [0.717, 1.165) is 0 Å². The van der Waals surface area contributed by atoms with Crippen LogP contribution in [0.2, 0.25) is 0 Å². The zero-order valence-electron chi connectivity index (χ0n) is 17.0. The van der Waals surface area contributed by atoms with Gasteiger partial charge in [0.2, 0.25) is 0 Å². The highest BCUT2D eigenvalue weighted by Gasteiger charge is 2.24. The topological polar surface area (TPSA) is 70.0 Å². The van der Waals surface area contributed by atoms with Gasteiger partial charge in [-0.05, 0) is 46.8 Å². The summed E-state index contributed by atoms with van der Waals surface area (Å²) in [5.74, 6) is 1.21. The van der Waals surface area contributed by atoms with Crippen LogP contribution in [-0.2, 0) is 6.54 Å². The first kappa shape index (κ1) is 20.6. The second-order valence-electron chi connectivity index (χ2n) is 6.80. The molecular formula is C20H28N2O5. The van der Waals surface area contributed by atoms with Crippen LogP contribution in [0.1, 0.15) is 34.6 Å². The number of hydrogen-bond donors (Lipinski definition) is 0. The number of hydrogen-bond acceptors (Lipinski definition) is 5. The highest BCUT2D eigenvalue weighted by molar-refractivity contribution is 5.92. The Labute approximate surface area is 159 Å². The maximum absolute atomic E-state index is 12.8. The summed E-state index contributed by atoms with van der Waals surface area (Å²) in [7, 11) is 3.02. The molecule has 0 aliphatic carbocycles. The van der Waals surface area contributed by atoms with Gasteiger partial charge >= 0.3 is 6.09 Å². The smallest absolute Gasteiger partial charge is 0.415 e. The molecule has 2 rings (SSSR count). The molecule has 1 aromatic heterocycles. The molecule has 27 heavy (non-hydrogen) atoms. The van der Waals surface area contributed by atoms with Crippen molar-refractivity contribution in [2.24, 2.45) is 0 Å². The van der Waals surface area contributed by atoms with E-state index in [-0.39, 0.29) is 17.6 Å². The summed E-state index contributed by atoms with van der Waals surface area (Å²) in [6, 6.07) is 3.24. The predicted octanol–water partition coefficient (Wildman–Crippen LogP) is 3.66. The highest BCUT2D eigenvalue weighted by atomic mass is 16.6. The molecule has 1 aromatic carbocycles. The van der Waals surface area contributed by atoms with Gasteiger partial charge in [-0.25, -0.2) is 4.79 Å². The Morgan fingerprint density at radius 3 is 1.96 bits per heavy atom. The van der Waals surface area contributed by atoms with E-state index in [1.54, 1.807) is 23.2 Å². The summed E-state index contributed by atoms with van der Waals surface area (Å²) < 4.78 is 17.9. The van der Waals surface area contributed by atoms with E-state index in [1.807, 2.05) is 34.6 Å². The van der Waals surface area contributed by atoms with Gasteiger partial charge in [0.15, 0.2) is 17.2 Å². The van der Waals surface area contributed by atoms with Crippen LogP contribution in [-0.4, -0.2) is 41.9 Å². The molecule has 0 saturated carbocycles. The lowest BCUT2D eigenvalue weighted by atomic mass is 10.1. The van der Waals surface area contributed by atoms with Crippen molar-refractivity contribution in [3.8, 4) is 17.2 Å². The van der Waals surface area contributed by atoms with E-state index in [2.05, 4.69) is 0 Å². The minimum Gasteiger partial charge on any atom is -0.493 e. The van der Waals surface area contributed by atoms with Crippen molar-refractivity contribution in [3.63, 3.8) is 0 Å². The van der Waals surface area contributed by atoms with Crippen molar-refractivity contribution in [1.82, 2.24) is 9.47 Å². The van der Waals surface area contributed by atoms with E-state index >= 15 is 0 Å². The number of ether oxygens (including phenoxy) is 3. The van der Waals surface area contributed by atoms with E-state index in [1.165, 1.54) is 18.8 Å². The van der Waals surface area contributed by atoms with Gasteiger partial charge in [-0.1, -0.05) is 0 Å². The average Bonchev–Trinajstić information content (AvgIpc) is 2.62. The maximum atomic E-state index is 12.8. The van der Waals surface area contributed by atoms with Crippen molar-refractivity contribution in [1.29, 1.82) is 0 Å². The summed E-state index contributed by atoms with van der Waals surface area (Å²) in [6.07, 6.45) is 1.10. The average molecular weight is 376 g/mol. The van der Waals surface area contributed by atoms with Crippen LogP contribution in [0.25, 0.3) is 10.8 Å². The van der Waals surface area contributed by atoms with Crippen molar-refractivity contribution in [2.75, 3.05) is 14.2 Å². The zero-order valence-corrected chi connectivity index (χ0v) is 17.0. The van der Waals surface area contributed by atoms with Crippen molar-refractivity contribution >= 4 is 16.9 Å². The van der Waals surface area contributed by atoms with Gasteiger partial charge in [-0.2, -0.15) is 0 Å². The molecule has 0 spiro atoms. The number of nitrogens with zero attached hydrogens (tertiary/aromatic N) is 2. The van der Waals surface area contributed by atoms with E-state index < -0.39 is 6.09 Å². The number of amides is 1. The fraction of sp³-hybridized carbons (Fsp3) is 0.500. The molecule has 0 aliphatic heterocycles. The van der Waals surface area contributed by atoms with Gasteiger partial charge in [-0.3, -0.25) is 4.79 Å². The number of rotatable bonds is 6. The molecule has 0 unspecified atom stereocenters. The van der Waals surface area contributed by atoms with Gasteiger partial charge < -0.3 is 23.7 Å². The maximum Gasteiger partial charge on any atom is 0.415 e. The van der Waals surface area contributed by atoms with Crippen molar-refractivity contribution in [2.45, 2.75) is 53.2 Å². The number of methoxy groups -OCH3 is 2. The standard InChI is InChI=1S/C20H28N2O5/c1-8-21-11-18(27-20(24)22(12(2)3)13(4)5)14-9-16(25-6)17(26-7)10-15(14)19(21)23/h9-13H,8H2,1-7H3. The van der Waals surface area contributed by atoms with Crippen molar-refractivity contribution < 1.29 is 19.0 Å². The summed E-state index contributed by atoms with van der Waals surface area (Å²) in [5.41, 5.74) is -0.183. The zero-order chi connectivity index (χ0) is 20.3. The number of aromatic nitrogens is 1. The Balaban J connectivity index is 2.66. The van der Waals surface area contributed by atoms with E-state index in [0.29, 0.717) is 34.6 Å². The molecule has 0 atom stereocenters. The lowest BCUT2D eigenvalue weighted by molar-refractivity contribution is 0.123. The Hall–Kier alpha value is -2.70. The third kappa shape index (κ3) is 4.02. The molecule has 0 saturated heterocycles. The second kappa shape index (κ2) is 8.33. The molecule has 7 nitrogen and oxygen atoms in total. The predicted molar refractivity (Wildman–Crippen MR) is 105 cm³/mol. The monoisotopic (exact) mass is 376 g/mol. The lowest BCUT2D eigenvalue weighted by Crippen LogP contribution is -2.43. The van der Waals surface area contributed by atoms with Gasteiger partial charge in [0.1, 0.15) is 0 Å². The van der Waals surface area contributed by atoms with Gasteiger partial charge in [-0.15, -0.1) is 0 Å². The molecule has 7 heteroatoms. The molecule has 0 aliphatic rings. The first-order chi connectivity index (χ1) is 12.7. The first-order valence-corrected chi connectivity index (χ1v) is 9.04. The lowest BCUT2D eigenvalue weighted by Gasteiger charge is -2.29. The largest absolute Gasteiger partial charge is 0.493 e. The molecular weight excluding hydrogens is 348 g/mol. The molecule has 148 valence electrons. The Kier molecular flexibility index (Phi) is 6.36. The van der Waals surface area contributed by atoms with E-state index in [4.69, 9.17) is 14.2 Å². The number of aryl methyl sites for hydroxylation is 1. The molecule has 0 bridgehead atoms. The Morgan fingerprint density at radius 2 is 1.52 bits per heavy atom. The van der Waals surface area contributed by atoms with Crippen LogP contribution >= 0.6 is 0 Å². The van der Waals surface area contributed by atoms with Crippen LogP contribution in [0.3, 0.4) is 0 Å². The van der Waals surface area contributed by atoms with Gasteiger partial charge in [0, 0.05) is 24.0 Å². The molecule has 1 amide bonds. The van der Waals surface area contributed by atoms with E-state index in [9.17, 15) is 9.59 Å². The van der Waals surface area contributed by atoms with Gasteiger partial charge in [0.25, 0.3) is 5.56 Å². The Bertz CT molecular complexity index is 878. The van der Waals surface area contributed by atoms with Crippen LogP contribution in [0.15, 0.2) is 23.1 Å². The molecule has 0 radical (unpaired) electrons. The number of carbonyl (C=O) groups is 1. The van der Waals surface area contributed by atoms with Gasteiger partial charge in [0.05, 0.1) is 25.8 Å². The Morgan fingerprint density at radius 1 is 1.00 bits per heavy atom. The summed E-state index contributed by atoms with van der Waals surface area (Å²) in [5, 5.41) is 0.906. The quantitative estimate of drug-likeness (QED) is 0.770. The number of carbonyl (C=O) groups excluding carboxylic acids is 1. The van der Waals surface area contributed by atoms with Crippen LogP contribution < -0.4 is 19.8 Å². The van der Waals surface area contributed by atoms with Crippen LogP contribution in [0, 0.1) is 0 Å². The molecule has 1 heterocycles.